The molecule has 0 aliphatic heterocycles. The van der Waals surface area contributed by atoms with Crippen molar-refractivity contribution in [1.29, 1.82) is 0 Å². The lowest BCUT2D eigenvalue weighted by Crippen LogP contribution is -2.20. The van der Waals surface area contributed by atoms with Crippen LogP contribution < -0.4 is 10.1 Å². The van der Waals surface area contributed by atoms with Gasteiger partial charge in [-0.05, 0) is 54.7 Å². The van der Waals surface area contributed by atoms with Crippen LogP contribution in [0.3, 0.4) is 0 Å². The molecule has 5 heteroatoms. The number of nitrogens with one attached hydrogen (secondary N) is 1. The van der Waals surface area contributed by atoms with Crippen molar-refractivity contribution >= 4 is 22.4 Å². The molecule has 1 amide bonds. The van der Waals surface area contributed by atoms with Crippen LogP contribution in [0, 0.1) is 13.8 Å². The number of amides is 1. The molecule has 0 radical (unpaired) electrons. The number of carbonyl (C=O) groups is 1. The van der Waals surface area contributed by atoms with Gasteiger partial charge in [0.25, 0.3) is 5.91 Å². The molecule has 27 heavy (non-hydrogen) atoms. The number of benzene rings is 2. The van der Waals surface area contributed by atoms with Crippen molar-refractivity contribution in [1.82, 2.24) is 4.98 Å². The highest BCUT2D eigenvalue weighted by atomic mass is 32.1. The molecule has 0 fully saturated rings. The van der Waals surface area contributed by atoms with Crippen molar-refractivity contribution in [3.05, 3.63) is 64.5 Å². The number of rotatable bonds is 6. The number of hydrogen-bond donors (Lipinski definition) is 1. The van der Waals surface area contributed by atoms with E-state index >= 15 is 0 Å². The van der Waals surface area contributed by atoms with Crippen LogP contribution in [-0.2, 0) is 4.79 Å². The Morgan fingerprint density at radius 2 is 1.85 bits per heavy atom. The molecule has 1 aromatic heterocycles. The standard InChI is InChI=1S/C22H24N2O2S/c1-14(2)17-7-9-19(10-8-17)26-12-21(25)24-22-23-20(13-27-22)18-6-5-15(3)16(4)11-18/h5-11,13-14H,12H2,1-4H3,(H,23,24,25). The topological polar surface area (TPSA) is 51.2 Å². The number of anilines is 1. The molecule has 3 rings (SSSR count). The number of aromatic nitrogens is 1. The van der Waals surface area contributed by atoms with Gasteiger partial charge in [-0.1, -0.05) is 38.1 Å². The van der Waals surface area contributed by atoms with E-state index in [1.807, 2.05) is 35.7 Å². The second kappa shape index (κ2) is 8.35. The molecular weight excluding hydrogens is 356 g/mol. The first-order valence-corrected chi connectivity index (χ1v) is 9.86. The van der Waals surface area contributed by atoms with Gasteiger partial charge in [0.1, 0.15) is 5.75 Å². The third kappa shape index (κ3) is 4.95. The SMILES string of the molecule is Cc1ccc(-c2csc(NC(=O)COc3ccc(C(C)C)cc3)n2)cc1C. The van der Waals surface area contributed by atoms with Gasteiger partial charge in [-0.15, -0.1) is 11.3 Å². The van der Waals surface area contributed by atoms with E-state index in [2.05, 4.69) is 50.1 Å². The largest absolute Gasteiger partial charge is 0.484 e. The third-order valence-corrected chi connectivity index (χ3v) is 5.23. The highest BCUT2D eigenvalue weighted by molar-refractivity contribution is 7.14. The number of nitrogens with zero attached hydrogens (tertiary/aromatic N) is 1. The second-order valence-corrected chi connectivity index (χ2v) is 7.76. The Morgan fingerprint density at radius 3 is 2.52 bits per heavy atom. The molecular formula is C22H24N2O2S. The Hall–Kier alpha value is -2.66. The maximum atomic E-state index is 12.1. The van der Waals surface area contributed by atoms with E-state index in [1.54, 1.807) is 0 Å². The molecule has 2 aromatic carbocycles. The molecule has 1 N–H and O–H groups in total. The van der Waals surface area contributed by atoms with E-state index < -0.39 is 0 Å². The third-order valence-electron chi connectivity index (χ3n) is 4.47. The van der Waals surface area contributed by atoms with Crippen molar-refractivity contribution in [2.75, 3.05) is 11.9 Å². The molecule has 0 aliphatic rings. The summed E-state index contributed by atoms with van der Waals surface area (Å²) in [6.45, 7) is 8.41. The fraction of sp³-hybridized carbons (Fsp3) is 0.273. The molecule has 140 valence electrons. The van der Waals surface area contributed by atoms with Gasteiger partial charge >= 0.3 is 0 Å². The minimum Gasteiger partial charge on any atom is -0.484 e. The van der Waals surface area contributed by atoms with Crippen LogP contribution in [0.1, 0.15) is 36.5 Å². The van der Waals surface area contributed by atoms with Crippen LogP contribution in [0.25, 0.3) is 11.3 Å². The van der Waals surface area contributed by atoms with Gasteiger partial charge in [0.2, 0.25) is 0 Å². The zero-order valence-corrected chi connectivity index (χ0v) is 16.9. The maximum Gasteiger partial charge on any atom is 0.264 e. The van der Waals surface area contributed by atoms with E-state index in [0.29, 0.717) is 16.8 Å². The van der Waals surface area contributed by atoms with Gasteiger partial charge in [-0.3, -0.25) is 10.1 Å². The van der Waals surface area contributed by atoms with Crippen molar-refractivity contribution in [2.24, 2.45) is 0 Å². The molecule has 0 bridgehead atoms. The summed E-state index contributed by atoms with van der Waals surface area (Å²) in [6.07, 6.45) is 0. The van der Waals surface area contributed by atoms with Crippen LogP contribution in [-0.4, -0.2) is 17.5 Å². The number of ether oxygens (including phenoxy) is 1. The van der Waals surface area contributed by atoms with Crippen molar-refractivity contribution in [3.8, 4) is 17.0 Å². The van der Waals surface area contributed by atoms with Gasteiger partial charge in [-0.2, -0.15) is 0 Å². The van der Waals surface area contributed by atoms with E-state index in [-0.39, 0.29) is 12.5 Å². The summed E-state index contributed by atoms with van der Waals surface area (Å²) in [6, 6.07) is 14.1. The fourth-order valence-electron chi connectivity index (χ4n) is 2.62. The summed E-state index contributed by atoms with van der Waals surface area (Å²) < 4.78 is 5.56. The van der Waals surface area contributed by atoms with Gasteiger partial charge < -0.3 is 4.74 Å². The molecule has 4 nitrogen and oxygen atoms in total. The van der Waals surface area contributed by atoms with Crippen LogP contribution in [0.15, 0.2) is 47.8 Å². The van der Waals surface area contributed by atoms with Crippen molar-refractivity contribution in [2.45, 2.75) is 33.6 Å². The molecule has 0 atom stereocenters. The minimum absolute atomic E-state index is 0.0421. The van der Waals surface area contributed by atoms with Gasteiger partial charge in [0.05, 0.1) is 5.69 Å². The summed E-state index contributed by atoms with van der Waals surface area (Å²) in [5.41, 5.74) is 5.64. The smallest absolute Gasteiger partial charge is 0.264 e. The first kappa shape index (κ1) is 19.1. The lowest BCUT2D eigenvalue weighted by Gasteiger charge is -2.08. The zero-order valence-electron chi connectivity index (χ0n) is 16.1. The molecule has 1 heterocycles. The highest BCUT2D eigenvalue weighted by Gasteiger charge is 2.10. The van der Waals surface area contributed by atoms with E-state index in [1.165, 1.54) is 28.0 Å². The average molecular weight is 381 g/mol. The predicted molar refractivity (Wildman–Crippen MR) is 112 cm³/mol. The van der Waals surface area contributed by atoms with Crippen LogP contribution >= 0.6 is 11.3 Å². The summed E-state index contributed by atoms with van der Waals surface area (Å²) >= 11 is 1.41. The lowest BCUT2D eigenvalue weighted by molar-refractivity contribution is -0.118. The number of carbonyl (C=O) groups excluding carboxylic acids is 1. The summed E-state index contributed by atoms with van der Waals surface area (Å²) in [4.78, 5) is 16.6. The molecule has 3 aromatic rings. The Labute approximate surface area is 164 Å². The Morgan fingerprint density at radius 1 is 1.11 bits per heavy atom. The predicted octanol–water partition coefficient (Wildman–Crippen LogP) is 5.57. The van der Waals surface area contributed by atoms with Gasteiger partial charge in [0.15, 0.2) is 11.7 Å². The molecule has 0 saturated heterocycles. The Bertz CT molecular complexity index is 930. The quantitative estimate of drug-likeness (QED) is 0.608. The second-order valence-electron chi connectivity index (χ2n) is 6.90. The Balaban J connectivity index is 1.56. The van der Waals surface area contributed by atoms with Crippen LogP contribution in [0.2, 0.25) is 0 Å². The number of aryl methyl sites for hydroxylation is 2. The first-order valence-electron chi connectivity index (χ1n) is 8.98. The van der Waals surface area contributed by atoms with Gasteiger partial charge in [0, 0.05) is 10.9 Å². The molecule has 0 spiro atoms. The van der Waals surface area contributed by atoms with Gasteiger partial charge in [-0.25, -0.2) is 4.98 Å². The Kier molecular flexibility index (Phi) is 5.91. The molecule has 0 aliphatic carbocycles. The number of hydrogen-bond acceptors (Lipinski definition) is 4. The van der Waals surface area contributed by atoms with Crippen LogP contribution in [0.4, 0.5) is 5.13 Å². The van der Waals surface area contributed by atoms with E-state index in [9.17, 15) is 4.79 Å². The molecule has 0 unspecified atom stereocenters. The number of thiazole rings is 1. The van der Waals surface area contributed by atoms with Crippen molar-refractivity contribution < 1.29 is 9.53 Å². The van der Waals surface area contributed by atoms with E-state index in [0.717, 1.165) is 11.3 Å². The summed E-state index contributed by atoms with van der Waals surface area (Å²) in [7, 11) is 0. The fourth-order valence-corrected chi connectivity index (χ4v) is 3.35. The first-order chi connectivity index (χ1) is 12.9. The minimum atomic E-state index is -0.219. The normalized spacial score (nSPS) is 10.9. The summed E-state index contributed by atoms with van der Waals surface area (Å²) in [5.74, 6) is 0.937. The van der Waals surface area contributed by atoms with E-state index in [4.69, 9.17) is 4.74 Å². The lowest BCUT2D eigenvalue weighted by atomic mass is 10.0. The monoisotopic (exact) mass is 380 g/mol. The average Bonchev–Trinajstić information content (AvgIpc) is 3.11. The highest BCUT2D eigenvalue weighted by Crippen LogP contribution is 2.26. The maximum absolute atomic E-state index is 12.1. The van der Waals surface area contributed by atoms with Crippen LogP contribution in [0.5, 0.6) is 5.75 Å². The summed E-state index contributed by atoms with van der Waals surface area (Å²) in [5, 5.41) is 5.33. The molecule has 0 saturated carbocycles. The zero-order chi connectivity index (χ0) is 19.4. The van der Waals surface area contributed by atoms with Crippen molar-refractivity contribution in [3.63, 3.8) is 0 Å².